The van der Waals surface area contributed by atoms with Crippen molar-refractivity contribution in [1.29, 1.82) is 0 Å². The standard InChI is InChI=1S/C19H16N6O3S2/c1-13-16(12-22-25(13)17-4-2-3-9-20-17)18(26)23-14-5-7-15(8-6-14)30(27,28)24-19-21-10-11-29-19/h2-12H,1H3,(H,21,24)(H,23,26). The Labute approximate surface area is 176 Å². The molecule has 0 atom stereocenters. The number of nitrogens with one attached hydrogen (secondary N) is 2. The number of rotatable bonds is 6. The van der Waals surface area contributed by atoms with Gasteiger partial charge in [-0.2, -0.15) is 5.10 Å². The van der Waals surface area contributed by atoms with Gasteiger partial charge >= 0.3 is 0 Å². The molecule has 30 heavy (non-hydrogen) atoms. The van der Waals surface area contributed by atoms with E-state index in [0.717, 1.165) is 0 Å². The van der Waals surface area contributed by atoms with Gasteiger partial charge in [0.15, 0.2) is 10.9 Å². The molecule has 3 aromatic heterocycles. The van der Waals surface area contributed by atoms with Gasteiger partial charge in [-0.3, -0.25) is 9.52 Å². The molecule has 4 aromatic rings. The van der Waals surface area contributed by atoms with Crippen molar-refractivity contribution < 1.29 is 13.2 Å². The van der Waals surface area contributed by atoms with Crippen LogP contribution >= 0.6 is 11.3 Å². The van der Waals surface area contributed by atoms with E-state index < -0.39 is 10.0 Å². The normalized spacial score (nSPS) is 11.2. The zero-order valence-electron chi connectivity index (χ0n) is 15.7. The molecule has 152 valence electrons. The number of carbonyl (C=O) groups is 1. The highest BCUT2D eigenvalue weighted by atomic mass is 32.2. The van der Waals surface area contributed by atoms with E-state index in [0.29, 0.717) is 22.8 Å². The SMILES string of the molecule is Cc1c(C(=O)Nc2ccc(S(=O)(=O)Nc3nccs3)cc2)cnn1-c1ccccn1. The molecule has 1 aromatic carbocycles. The predicted octanol–water partition coefficient (Wildman–Crippen LogP) is 3.09. The van der Waals surface area contributed by atoms with Crippen molar-refractivity contribution in [2.24, 2.45) is 0 Å². The lowest BCUT2D eigenvalue weighted by Crippen LogP contribution is -2.14. The fraction of sp³-hybridized carbons (Fsp3) is 0.0526. The van der Waals surface area contributed by atoms with Crippen LogP contribution in [0.1, 0.15) is 16.1 Å². The summed E-state index contributed by atoms with van der Waals surface area (Å²) in [6, 6.07) is 11.3. The first-order chi connectivity index (χ1) is 14.4. The Hall–Kier alpha value is -3.57. The summed E-state index contributed by atoms with van der Waals surface area (Å²) < 4.78 is 28.8. The van der Waals surface area contributed by atoms with Crippen LogP contribution in [0.25, 0.3) is 5.82 Å². The van der Waals surface area contributed by atoms with E-state index in [1.165, 1.54) is 48.0 Å². The quantitative estimate of drug-likeness (QED) is 0.476. The highest BCUT2D eigenvalue weighted by Gasteiger charge is 2.18. The minimum Gasteiger partial charge on any atom is -0.322 e. The number of benzene rings is 1. The number of pyridine rings is 1. The Balaban J connectivity index is 1.49. The molecule has 0 saturated carbocycles. The molecule has 0 aliphatic carbocycles. The topological polar surface area (TPSA) is 119 Å². The van der Waals surface area contributed by atoms with Crippen molar-refractivity contribution in [3.63, 3.8) is 0 Å². The molecule has 0 bridgehead atoms. The summed E-state index contributed by atoms with van der Waals surface area (Å²) in [5, 5.41) is 8.94. The second-order valence-electron chi connectivity index (χ2n) is 6.16. The van der Waals surface area contributed by atoms with Gasteiger partial charge in [0.2, 0.25) is 0 Å². The van der Waals surface area contributed by atoms with E-state index in [9.17, 15) is 13.2 Å². The largest absolute Gasteiger partial charge is 0.322 e. The summed E-state index contributed by atoms with van der Waals surface area (Å²) >= 11 is 1.18. The van der Waals surface area contributed by atoms with Gasteiger partial charge in [-0.1, -0.05) is 6.07 Å². The average molecular weight is 441 g/mol. The van der Waals surface area contributed by atoms with Gasteiger partial charge in [0.1, 0.15) is 0 Å². The maximum Gasteiger partial charge on any atom is 0.263 e. The molecule has 1 amide bonds. The lowest BCUT2D eigenvalue weighted by molar-refractivity contribution is 0.102. The summed E-state index contributed by atoms with van der Waals surface area (Å²) in [4.78, 5) is 20.9. The molecule has 0 spiro atoms. The smallest absolute Gasteiger partial charge is 0.263 e. The van der Waals surface area contributed by atoms with Crippen LogP contribution in [0.4, 0.5) is 10.8 Å². The molecule has 4 rings (SSSR count). The number of hydrogen-bond acceptors (Lipinski definition) is 7. The molecule has 9 nitrogen and oxygen atoms in total. The van der Waals surface area contributed by atoms with Gasteiger partial charge in [0.25, 0.3) is 15.9 Å². The first-order valence-corrected chi connectivity index (χ1v) is 11.1. The summed E-state index contributed by atoms with van der Waals surface area (Å²) in [5.41, 5.74) is 1.49. The molecule has 0 aliphatic rings. The molecule has 0 unspecified atom stereocenters. The second kappa shape index (κ2) is 8.05. The zero-order chi connectivity index (χ0) is 21.1. The molecule has 0 radical (unpaired) electrons. The number of hydrogen-bond donors (Lipinski definition) is 2. The van der Waals surface area contributed by atoms with E-state index >= 15 is 0 Å². The van der Waals surface area contributed by atoms with Crippen molar-refractivity contribution in [2.75, 3.05) is 10.0 Å². The molecule has 0 fully saturated rings. The van der Waals surface area contributed by atoms with Crippen LogP contribution in [0.2, 0.25) is 0 Å². The molecule has 0 saturated heterocycles. The van der Waals surface area contributed by atoms with Crippen molar-refractivity contribution in [3.8, 4) is 5.82 Å². The van der Waals surface area contributed by atoms with Gasteiger partial charge in [0.05, 0.1) is 22.3 Å². The number of nitrogens with zero attached hydrogens (tertiary/aromatic N) is 4. The van der Waals surface area contributed by atoms with Crippen LogP contribution < -0.4 is 10.0 Å². The van der Waals surface area contributed by atoms with Gasteiger partial charge < -0.3 is 5.32 Å². The number of anilines is 2. The predicted molar refractivity (Wildman–Crippen MR) is 113 cm³/mol. The summed E-state index contributed by atoms with van der Waals surface area (Å²) in [7, 11) is -3.75. The number of sulfonamides is 1. The second-order valence-corrected chi connectivity index (χ2v) is 8.74. The van der Waals surface area contributed by atoms with Crippen molar-refractivity contribution in [3.05, 3.63) is 77.7 Å². The van der Waals surface area contributed by atoms with Crippen molar-refractivity contribution >= 4 is 38.1 Å². The Morgan fingerprint density at radius 3 is 2.53 bits per heavy atom. The molecule has 2 N–H and O–H groups in total. The third kappa shape index (κ3) is 4.07. The Bertz CT molecular complexity index is 1270. The number of thiazole rings is 1. The van der Waals surface area contributed by atoms with E-state index in [1.54, 1.807) is 35.3 Å². The van der Waals surface area contributed by atoms with Gasteiger partial charge in [-0.15, -0.1) is 11.3 Å². The number of aromatic nitrogens is 4. The molecule has 3 heterocycles. The minimum absolute atomic E-state index is 0.0647. The van der Waals surface area contributed by atoms with E-state index in [-0.39, 0.29) is 15.9 Å². The van der Waals surface area contributed by atoms with Gasteiger partial charge in [0, 0.05) is 23.5 Å². The Morgan fingerprint density at radius 1 is 1.07 bits per heavy atom. The first kappa shape index (κ1) is 19.7. The molecule has 0 aliphatic heterocycles. The highest BCUT2D eigenvalue weighted by molar-refractivity contribution is 7.93. The van der Waals surface area contributed by atoms with E-state index in [2.05, 4.69) is 25.1 Å². The van der Waals surface area contributed by atoms with E-state index in [1.807, 2.05) is 6.07 Å². The summed E-state index contributed by atoms with van der Waals surface area (Å²) in [6.45, 7) is 1.77. The maximum atomic E-state index is 12.7. The first-order valence-electron chi connectivity index (χ1n) is 8.74. The fourth-order valence-electron chi connectivity index (χ4n) is 2.71. The lowest BCUT2D eigenvalue weighted by atomic mass is 10.2. The van der Waals surface area contributed by atoms with E-state index in [4.69, 9.17) is 0 Å². The minimum atomic E-state index is -3.75. The van der Waals surface area contributed by atoms with Crippen LogP contribution in [0.5, 0.6) is 0 Å². The Morgan fingerprint density at radius 2 is 1.87 bits per heavy atom. The summed E-state index contributed by atoms with van der Waals surface area (Å²) in [5.74, 6) is 0.252. The highest BCUT2D eigenvalue weighted by Crippen LogP contribution is 2.20. The van der Waals surface area contributed by atoms with Crippen LogP contribution in [0.15, 0.2) is 71.3 Å². The number of amides is 1. The third-order valence-electron chi connectivity index (χ3n) is 4.20. The average Bonchev–Trinajstić information content (AvgIpc) is 3.38. The fourth-order valence-corrected chi connectivity index (χ4v) is 4.49. The van der Waals surface area contributed by atoms with Crippen LogP contribution in [-0.2, 0) is 10.0 Å². The summed E-state index contributed by atoms with van der Waals surface area (Å²) in [6.07, 6.45) is 4.63. The van der Waals surface area contributed by atoms with Crippen molar-refractivity contribution in [2.45, 2.75) is 11.8 Å². The number of carbonyl (C=O) groups excluding carboxylic acids is 1. The van der Waals surface area contributed by atoms with Crippen LogP contribution in [0.3, 0.4) is 0 Å². The lowest BCUT2D eigenvalue weighted by Gasteiger charge is -2.08. The zero-order valence-corrected chi connectivity index (χ0v) is 17.3. The van der Waals surface area contributed by atoms with Crippen LogP contribution in [-0.4, -0.2) is 34.1 Å². The Kier molecular flexibility index (Phi) is 5.29. The maximum absolute atomic E-state index is 12.7. The van der Waals surface area contributed by atoms with Gasteiger partial charge in [-0.05, 0) is 43.3 Å². The van der Waals surface area contributed by atoms with Gasteiger partial charge in [-0.25, -0.2) is 23.1 Å². The molecular weight excluding hydrogens is 424 g/mol. The third-order valence-corrected chi connectivity index (χ3v) is 6.37. The molecular formula is C19H16N6O3S2. The molecule has 11 heteroatoms. The van der Waals surface area contributed by atoms with Crippen molar-refractivity contribution in [1.82, 2.24) is 19.7 Å². The monoisotopic (exact) mass is 440 g/mol. The van der Waals surface area contributed by atoms with Crippen LogP contribution in [0, 0.1) is 6.92 Å².